The third-order valence-electron chi connectivity index (χ3n) is 4.90. The fourth-order valence-corrected chi connectivity index (χ4v) is 6.30. The Labute approximate surface area is 211 Å². The summed E-state index contributed by atoms with van der Waals surface area (Å²) in [5.74, 6) is 0.746. The van der Waals surface area contributed by atoms with Gasteiger partial charge in [-0.25, -0.2) is 13.1 Å². The van der Waals surface area contributed by atoms with E-state index < -0.39 is 10.0 Å². The minimum atomic E-state index is -3.72. The van der Waals surface area contributed by atoms with Gasteiger partial charge < -0.3 is 4.74 Å². The van der Waals surface area contributed by atoms with Gasteiger partial charge in [0.1, 0.15) is 5.75 Å². The molecule has 4 nitrogen and oxygen atoms in total. The molecule has 0 unspecified atom stereocenters. The van der Waals surface area contributed by atoms with Crippen LogP contribution in [-0.4, -0.2) is 15.5 Å². The Balaban J connectivity index is 1.71. The third-order valence-corrected chi connectivity index (χ3v) is 8.27. The normalized spacial score (nSPS) is 11.5. The van der Waals surface area contributed by atoms with Crippen molar-refractivity contribution in [1.82, 2.24) is 4.72 Å². The zero-order chi connectivity index (χ0) is 23.6. The molecule has 0 saturated heterocycles. The zero-order valence-electron chi connectivity index (χ0n) is 17.3. The average molecular weight is 539 g/mol. The maximum Gasteiger partial charge on any atom is 0.240 e. The van der Waals surface area contributed by atoms with Gasteiger partial charge in [-0.1, -0.05) is 46.9 Å². The van der Waals surface area contributed by atoms with Gasteiger partial charge in [-0.3, -0.25) is 0 Å². The summed E-state index contributed by atoms with van der Waals surface area (Å²) < 4.78 is 33.4. The number of benzene rings is 3. The van der Waals surface area contributed by atoms with E-state index >= 15 is 0 Å². The summed E-state index contributed by atoms with van der Waals surface area (Å²) >= 11 is 20.0. The lowest BCUT2D eigenvalue weighted by Crippen LogP contribution is -2.22. The number of rotatable bonds is 7. The third kappa shape index (κ3) is 5.54. The van der Waals surface area contributed by atoms with Crippen molar-refractivity contribution >= 4 is 56.2 Å². The van der Waals surface area contributed by atoms with Gasteiger partial charge in [0.25, 0.3) is 0 Å². The van der Waals surface area contributed by atoms with Gasteiger partial charge in [-0.2, -0.15) is 0 Å². The highest BCUT2D eigenvalue weighted by molar-refractivity contribution is 7.89. The summed E-state index contributed by atoms with van der Waals surface area (Å²) in [4.78, 5) is 1.90. The minimum absolute atomic E-state index is 0.114. The lowest BCUT2D eigenvalue weighted by atomic mass is 10.0. The first kappa shape index (κ1) is 24.1. The fraction of sp³-hybridized carbons (Fsp3) is 0.0833. The minimum Gasteiger partial charge on any atom is -0.497 e. The SMILES string of the molecule is COc1ccc(-c2sc(CNS(=O)(=O)c3cccc(Cl)c3)cc2-c2ccc(Cl)cc2Cl)cc1. The molecule has 33 heavy (non-hydrogen) atoms. The van der Waals surface area contributed by atoms with Gasteiger partial charge in [-0.15, -0.1) is 11.3 Å². The second kappa shape index (κ2) is 10.1. The van der Waals surface area contributed by atoms with Crippen LogP contribution >= 0.6 is 46.1 Å². The number of nitrogens with one attached hydrogen (secondary N) is 1. The van der Waals surface area contributed by atoms with Crippen LogP contribution in [-0.2, 0) is 16.6 Å². The number of sulfonamides is 1. The Morgan fingerprint density at radius 1 is 0.879 bits per heavy atom. The average Bonchev–Trinajstić information content (AvgIpc) is 3.22. The number of methoxy groups -OCH3 is 1. The molecule has 1 aromatic heterocycles. The van der Waals surface area contributed by atoms with E-state index in [-0.39, 0.29) is 11.4 Å². The molecule has 1 N–H and O–H groups in total. The van der Waals surface area contributed by atoms with Crippen LogP contribution in [0.1, 0.15) is 4.88 Å². The molecule has 0 radical (unpaired) electrons. The van der Waals surface area contributed by atoms with Crippen molar-refractivity contribution in [2.75, 3.05) is 7.11 Å². The summed E-state index contributed by atoms with van der Waals surface area (Å²) in [7, 11) is -2.11. The smallest absolute Gasteiger partial charge is 0.240 e. The number of halogens is 3. The van der Waals surface area contributed by atoms with Crippen molar-refractivity contribution in [2.24, 2.45) is 0 Å². The van der Waals surface area contributed by atoms with E-state index in [1.807, 2.05) is 36.4 Å². The van der Waals surface area contributed by atoms with Crippen molar-refractivity contribution in [1.29, 1.82) is 0 Å². The van der Waals surface area contributed by atoms with Crippen LogP contribution in [0.2, 0.25) is 15.1 Å². The molecule has 9 heteroatoms. The van der Waals surface area contributed by atoms with Crippen molar-refractivity contribution in [3.63, 3.8) is 0 Å². The first-order chi connectivity index (χ1) is 15.8. The molecule has 0 amide bonds. The fourth-order valence-electron chi connectivity index (χ4n) is 3.28. The highest BCUT2D eigenvalue weighted by atomic mass is 35.5. The van der Waals surface area contributed by atoms with Gasteiger partial charge in [0.05, 0.1) is 12.0 Å². The molecule has 4 rings (SSSR count). The predicted molar refractivity (Wildman–Crippen MR) is 137 cm³/mol. The summed E-state index contributed by atoms with van der Waals surface area (Å²) in [5.41, 5.74) is 2.67. The zero-order valence-corrected chi connectivity index (χ0v) is 21.2. The van der Waals surface area contributed by atoms with Crippen molar-refractivity contribution in [3.05, 3.63) is 92.7 Å². The van der Waals surface area contributed by atoms with Crippen molar-refractivity contribution in [2.45, 2.75) is 11.4 Å². The summed E-state index contributed by atoms with van der Waals surface area (Å²) in [5, 5.41) is 1.41. The first-order valence-electron chi connectivity index (χ1n) is 9.74. The van der Waals surface area contributed by atoms with Gasteiger partial charge in [0.2, 0.25) is 10.0 Å². The largest absolute Gasteiger partial charge is 0.497 e. The van der Waals surface area contributed by atoms with Crippen LogP contribution in [0.3, 0.4) is 0 Å². The van der Waals surface area contributed by atoms with Crippen molar-refractivity contribution in [3.8, 4) is 27.3 Å². The van der Waals surface area contributed by atoms with Crippen LogP contribution in [0.15, 0.2) is 77.7 Å². The number of thiophene rings is 1. The molecule has 3 aromatic carbocycles. The second-order valence-electron chi connectivity index (χ2n) is 7.09. The molecule has 170 valence electrons. The van der Waals surface area contributed by atoms with E-state index in [0.29, 0.717) is 15.1 Å². The number of hydrogen-bond donors (Lipinski definition) is 1. The monoisotopic (exact) mass is 537 g/mol. The van der Waals surface area contributed by atoms with Gasteiger partial charge in [0, 0.05) is 42.5 Å². The first-order valence-corrected chi connectivity index (χ1v) is 13.2. The Morgan fingerprint density at radius 2 is 1.61 bits per heavy atom. The van der Waals surface area contributed by atoms with E-state index in [1.165, 1.54) is 23.5 Å². The van der Waals surface area contributed by atoms with Gasteiger partial charge in [-0.05, 0) is 66.2 Å². The van der Waals surface area contributed by atoms with Crippen LogP contribution in [0.4, 0.5) is 0 Å². The molecule has 0 fully saturated rings. The Morgan fingerprint density at radius 3 is 2.27 bits per heavy atom. The van der Waals surface area contributed by atoms with E-state index in [0.717, 1.165) is 32.2 Å². The van der Waals surface area contributed by atoms with Gasteiger partial charge in [0.15, 0.2) is 0 Å². The quantitative estimate of drug-likeness (QED) is 0.265. The molecule has 0 saturated carbocycles. The topological polar surface area (TPSA) is 55.4 Å². The molecule has 1 heterocycles. The molecular weight excluding hydrogens is 521 g/mol. The van der Waals surface area contributed by atoms with E-state index in [9.17, 15) is 8.42 Å². The summed E-state index contributed by atoms with van der Waals surface area (Å²) in [6, 6.07) is 21.1. The second-order valence-corrected chi connectivity index (χ2v) is 11.3. The molecule has 0 aliphatic carbocycles. The molecule has 0 aliphatic heterocycles. The molecule has 0 aliphatic rings. The summed E-state index contributed by atoms with van der Waals surface area (Å²) in [6.45, 7) is 0.119. The van der Waals surface area contributed by atoms with Gasteiger partial charge >= 0.3 is 0 Å². The van der Waals surface area contributed by atoms with Crippen LogP contribution < -0.4 is 9.46 Å². The standard InChI is InChI=1S/C24H18Cl3NO3S2/c1-31-18-8-5-15(6-9-18)24-22(21-10-7-17(26)12-23(21)27)13-19(32-24)14-28-33(29,30)20-4-2-3-16(25)11-20/h2-13,28H,14H2,1H3. The van der Waals surface area contributed by atoms with Crippen molar-refractivity contribution < 1.29 is 13.2 Å². The molecule has 4 aromatic rings. The molecule has 0 atom stereocenters. The van der Waals surface area contributed by atoms with Crippen LogP contribution in [0, 0.1) is 0 Å². The molecule has 0 bridgehead atoms. The van der Waals surface area contributed by atoms with Crippen LogP contribution in [0.5, 0.6) is 5.75 Å². The molecular formula is C24H18Cl3NO3S2. The lowest BCUT2D eigenvalue weighted by Gasteiger charge is -2.08. The van der Waals surface area contributed by atoms with E-state index in [2.05, 4.69) is 4.72 Å². The van der Waals surface area contributed by atoms with E-state index in [1.54, 1.807) is 31.4 Å². The number of hydrogen-bond acceptors (Lipinski definition) is 4. The highest BCUT2D eigenvalue weighted by Gasteiger charge is 2.19. The van der Waals surface area contributed by atoms with Crippen LogP contribution in [0.25, 0.3) is 21.6 Å². The maximum atomic E-state index is 12.7. The summed E-state index contributed by atoms with van der Waals surface area (Å²) in [6.07, 6.45) is 0. The number of ether oxygens (including phenoxy) is 1. The Hall–Kier alpha value is -2.06. The van der Waals surface area contributed by atoms with E-state index in [4.69, 9.17) is 39.5 Å². The maximum absolute atomic E-state index is 12.7. The lowest BCUT2D eigenvalue weighted by molar-refractivity contribution is 0.415. The Kier molecular flexibility index (Phi) is 7.34. The molecule has 0 spiro atoms. The predicted octanol–water partition coefficient (Wildman–Crippen LogP) is 7.53. The highest BCUT2D eigenvalue weighted by Crippen LogP contribution is 2.43. The Bertz CT molecular complexity index is 1400.